The highest BCUT2D eigenvalue weighted by Gasteiger charge is 2.23. The van der Waals surface area contributed by atoms with E-state index < -0.39 is 11.8 Å². The standard InChI is InChI=1S/C13H19N3OS.C10H14N2O2S.C8H5NOS.C5H7BrO3.C5H11N/c17-12(15-6-4-5-7-15)11-10-18-13(14-11)16-8-2-1-3-9-16;1-14-9(13)8-7-15-10(11-8)12-5-3-2-4-6-12;10-8(9-6-11)7-4-2-1-3-5-7;1-2-9-5(8)4(7)3-6;1-2-4-6-5-3-1/h10H,1-9H2;7H,2-6H2,1H3;1-5H;2-3H2,1H3;6H,1-5H2. The number of benzene rings is 1. The Hall–Kier alpha value is -3.93. The third-order valence-electron chi connectivity index (χ3n) is 9.24. The predicted octanol–water partition coefficient (Wildman–Crippen LogP) is 7.49. The molecule has 4 fully saturated rings. The van der Waals surface area contributed by atoms with Crippen molar-refractivity contribution in [3.05, 3.63) is 58.0 Å². The predicted molar refractivity (Wildman–Crippen MR) is 241 cm³/mol. The number of hydrogen-bond donors (Lipinski definition) is 1. The van der Waals surface area contributed by atoms with Crippen LogP contribution in [0.25, 0.3) is 0 Å². The molecule has 0 aliphatic carbocycles. The first kappa shape index (κ1) is 49.4. The second kappa shape index (κ2) is 29.3. The fourth-order valence-corrected chi connectivity index (χ4v) is 8.14. The maximum atomic E-state index is 12.2. The van der Waals surface area contributed by atoms with Gasteiger partial charge in [0, 0.05) is 55.6 Å². The van der Waals surface area contributed by atoms with E-state index in [2.05, 4.69) is 67.7 Å². The molecule has 4 aliphatic rings. The van der Waals surface area contributed by atoms with Gasteiger partial charge in [0.15, 0.2) is 16.0 Å². The van der Waals surface area contributed by atoms with Crippen LogP contribution >= 0.6 is 50.8 Å². The zero-order valence-electron chi connectivity index (χ0n) is 34.0. The van der Waals surface area contributed by atoms with Gasteiger partial charge in [-0.1, -0.05) is 40.5 Å². The van der Waals surface area contributed by atoms with Crippen LogP contribution in [0.3, 0.4) is 0 Å². The topological polar surface area (TPSA) is 164 Å². The fourth-order valence-electron chi connectivity index (χ4n) is 6.12. The van der Waals surface area contributed by atoms with Gasteiger partial charge in [-0.15, -0.1) is 22.7 Å². The number of alkyl halides is 1. The number of esters is 2. The molecule has 3 aromatic rings. The lowest BCUT2D eigenvalue weighted by molar-refractivity contribution is -0.152. The van der Waals surface area contributed by atoms with Gasteiger partial charge >= 0.3 is 11.9 Å². The third kappa shape index (κ3) is 18.5. The van der Waals surface area contributed by atoms with Gasteiger partial charge in [0.2, 0.25) is 5.78 Å². The zero-order chi connectivity index (χ0) is 42.7. The van der Waals surface area contributed by atoms with E-state index in [1.807, 2.05) is 21.5 Å². The third-order valence-corrected chi connectivity index (χ3v) is 11.6. The van der Waals surface area contributed by atoms with Crippen LogP contribution < -0.4 is 15.1 Å². The Morgan fingerprint density at radius 2 is 1.29 bits per heavy atom. The number of ketones is 1. The number of thiazole rings is 2. The number of isothiocyanates is 1. The van der Waals surface area contributed by atoms with E-state index in [4.69, 9.17) is 0 Å². The Balaban J connectivity index is 0.000000206. The van der Waals surface area contributed by atoms with Gasteiger partial charge in [0.25, 0.3) is 11.8 Å². The number of aliphatic imine (C=N–C) groups is 1. The lowest BCUT2D eigenvalue weighted by Gasteiger charge is -2.25. The van der Waals surface area contributed by atoms with Crippen molar-refractivity contribution < 1.29 is 33.4 Å². The molecule has 0 radical (unpaired) electrons. The molecule has 6 heterocycles. The second-order valence-corrected chi connectivity index (χ2v) is 16.0. The molecule has 0 saturated carbocycles. The summed E-state index contributed by atoms with van der Waals surface area (Å²) >= 11 is 10.2. The van der Waals surface area contributed by atoms with Crippen molar-refractivity contribution in [3.63, 3.8) is 0 Å². The van der Waals surface area contributed by atoms with Gasteiger partial charge in [0.05, 0.1) is 24.2 Å². The minimum atomic E-state index is -0.769. The Morgan fingerprint density at radius 3 is 1.75 bits per heavy atom. The Bertz CT molecular complexity index is 1760. The van der Waals surface area contributed by atoms with Gasteiger partial charge in [-0.25, -0.2) is 19.6 Å². The first-order chi connectivity index (χ1) is 28.7. The van der Waals surface area contributed by atoms with Crippen LogP contribution in [0.2, 0.25) is 0 Å². The number of nitrogens with one attached hydrogen (secondary N) is 1. The monoisotopic (exact) mass is 933 g/mol. The molecule has 322 valence electrons. The smallest absolute Gasteiger partial charge is 0.375 e. The summed E-state index contributed by atoms with van der Waals surface area (Å²) in [6.45, 7) is 10.5. The first-order valence-electron chi connectivity index (χ1n) is 20.1. The number of carbonyl (C=O) groups is 5. The molecule has 7 rings (SSSR count). The molecule has 4 saturated heterocycles. The molecule has 18 heteroatoms. The number of likely N-dealkylation sites (tertiary alicyclic amines) is 1. The number of rotatable bonds is 8. The minimum Gasteiger partial charge on any atom is -0.464 e. The molecule has 14 nitrogen and oxygen atoms in total. The van der Waals surface area contributed by atoms with E-state index in [0.29, 0.717) is 17.0 Å². The van der Waals surface area contributed by atoms with Crippen LogP contribution in [0, 0.1) is 0 Å². The molecule has 59 heavy (non-hydrogen) atoms. The van der Waals surface area contributed by atoms with E-state index in [-0.39, 0.29) is 29.7 Å². The van der Waals surface area contributed by atoms with Crippen molar-refractivity contribution in [2.45, 2.75) is 77.6 Å². The number of amides is 2. The van der Waals surface area contributed by atoms with Crippen LogP contribution in [0.1, 0.15) is 109 Å². The average Bonchev–Trinajstić information content (AvgIpc) is 4.12. The maximum Gasteiger partial charge on any atom is 0.375 e. The fraction of sp³-hybridized carbons (Fsp3) is 0.561. The van der Waals surface area contributed by atoms with Crippen LogP contribution in [-0.2, 0) is 19.1 Å². The number of nitrogens with zero attached hydrogens (tertiary/aromatic N) is 6. The minimum absolute atomic E-state index is 0.0336. The van der Waals surface area contributed by atoms with Gasteiger partial charge < -0.3 is 29.5 Å². The number of methoxy groups -OCH3 is 1. The molecular formula is C41H56BrN7O7S3. The molecule has 4 aliphatic heterocycles. The van der Waals surface area contributed by atoms with Crippen molar-refractivity contribution in [2.24, 2.45) is 4.99 Å². The number of anilines is 2. The van der Waals surface area contributed by atoms with Crippen LogP contribution in [0.4, 0.5) is 10.3 Å². The average molecular weight is 935 g/mol. The number of hydrogen-bond acceptors (Lipinski definition) is 15. The summed E-state index contributed by atoms with van der Waals surface area (Å²) in [4.78, 5) is 73.7. The lowest BCUT2D eigenvalue weighted by Crippen LogP contribution is -2.30. The van der Waals surface area contributed by atoms with Crippen LogP contribution in [-0.4, -0.2) is 121 Å². The van der Waals surface area contributed by atoms with Crippen molar-refractivity contribution in [1.29, 1.82) is 0 Å². The number of halogens is 1. The summed E-state index contributed by atoms with van der Waals surface area (Å²) in [6, 6.07) is 8.73. The van der Waals surface area contributed by atoms with E-state index in [1.165, 1.54) is 89.3 Å². The summed E-state index contributed by atoms with van der Waals surface area (Å²) in [5, 5.41) is 11.0. The number of carbonyl (C=O) groups excluding carboxylic acids is 5. The van der Waals surface area contributed by atoms with Gasteiger partial charge in [0.1, 0.15) is 5.69 Å². The van der Waals surface area contributed by atoms with Gasteiger partial charge in [-0.05, 0) is 109 Å². The van der Waals surface area contributed by atoms with Crippen molar-refractivity contribution in [1.82, 2.24) is 20.2 Å². The molecule has 0 bridgehead atoms. The summed E-state index contributed by atoms with van der Waals surface area (Å²) in [7, 11) is 1.38. The number of aromatic nitrogens is 2. The Morgan fingerprint density at radius 1 is 0.780 bits per heavy atom. The summed E-state index contributed by atoms with van der Waals surface area (Å²) in [5.41, 5.74) is 1.59. The molecule has 1 aromatic carbocycles. The number of Topliss-reactive ketones (excluding diaryl/α,β-unsaturated/α-hetero) is 1. The maximum absolute atomic E-state index is 12.2. The van der Waals surface area contributed by atoms with Gasteiger partial charge in [-0.2, -0.15) is 4.99 Å². The highest BCUT2D eigenvalue weighted by molar-refractivity contribution is 9.09. The quantitative estimate of drug-likeness (QED) is 0.0778. The Labute approximate surface area is 369 Å². The van der Waals surface area contributed by atoms with Crippen molar-refractivity contribution in [3.8, 4) is 0 Å². The first-order valence-corrected chi connectivity index (χ1v) is 23.4. The van der Waals surface area contributed by atoms with Crippen LogP contribution in [0.15, 0.2) is 46.1 Å². The summed E-state index contributed by atoms with van der Waals surface area (Å²) in [6.07, 6.45) is 14.0. The summed E-state index contributed by atoms with van der Waals surface area (Å²) in [5.74, 6) is -1.90. The van der Waals surface area contributed by atoms with Gasteiger partial charge in [-0.3, -0.25) is 14.4 Å². The summed E-state index contributed by atoms with van der Waals surface area (Å²) < 4.78 is 9.00. The molecule has 2 amide bonds. The second-order valence-electron chi connectivity index (χ2n) is 13.6. The van der Waals surface area contributed by atoms with Crippen molar-refractivity contribution >= 4 is 95.8 Å². The number of ether oxygens (including phenoxy) is 2. The molecule has 1 N–H and O–H groups in total. The molecular weight excluding hydrogens is 879 g/mol. The lowest BCUT2D eigenvalue weighted by atomic mass is 10.1. The number of piperidine rings is 3. The normalized spacial score (nSPS) is 15.7. The molecule has 2 aromatic heterocycles. The van der Waals surface area contributed by atoms with Crippen LogP contribution in [0.5, 0.6) is 0 Å². The van der Waals surface area contributed by atoms with E-state index in [9.17, 15) is 24.0 Å². The molecule has 0 spiro atoms. The highest BCUT2D eigenvalue weighted by atomic mass is 79.9. The van der Waals surface area contributed by atoms with Crippen molar-refractivity contribution in [2.75, 3.05) is 81.2 Å². The molecule has 0 unspecified atom stereocenters. The number of thiocarbonyl (C=S) groups is 1. The van der Waals surface area contributed by atoms with E-state index in [1.54, 1.807) is 47.9 Å². The zero-order valence-corrected chi connectivity index (χ0v) is 38.1. The largest absolute Gasteiger partial charge is 0.464 e. The SMILES string of the molecule is C1CCNCC1.CCOC(=O)C(=O)CBr.COC(=O)c1csc(N2CCCCC2)n1.O=C(N=C=S)c1ccccc1.O=C(c1csc(N2CCCCC2)n1)N1CCCC1. The Kier molecular flexibility index (Phi) is 24.6. The van der Waals surface area contributed by atoms with E-state index >= 15 is 0 Å². The molecule has 0 atom stereocenters. The van der Waals surface area contributed by atoms with E-state index in [0.717, 1.165) is 62.4 Å². The highest BCUT2D eigenvalue weighted by Crippen LogP contribution is 2.26.